The minimum atomic E-state index is 0.653. The Morgan fingerprint density at radius 1 is 0.312 bits per heavy atom. The van der Waals surface area contributed by atoms with Crippen molar-refractivity contribution in [1.82, 2.24) is 0 Å². The molecule has 0 unspecified atom stereocenters. The van der Waals surface area contributed by atoms with E-state index in [1.807, 2.05) is 91.0 Å². The van der Waals surface area contributed by atoms with Gasteiger partial charge in [-0.25, -0.2) is 0 Å². The number of ether oxygens (including phenoxy) is 6. The Morgan fingerprint density at radius 3 is 0.771 bits per heavy atom. The summed E-state index contributed by atoms with van der Waals surface area (Å²) in [7, 11) is 5.02. The number of fused-ring (bicyclic) bond motifs is 3. The number of methoxy groups -OCH3 is 3. The highest BCUT2D eigenvalue weighted by molar-refractivity contribution is 5.59. The molecule has 0 bridgehead atoms. The Bertz CT molecular complexity index is 1790. The first-order valence-electron chi connectivity index (χ1n) is 15.9. The Hall–Kier alpha value is -5.88. The zero-order valence-electron chi connectivity index (χ0n) is 27.2. The van der Waals surface area contributed by atoms with Crippen molar-refractivity contribution in [2.24, 2.45) is 0 Å². The van der Waals surface area contributed by atoms with E-state index < -0.39 is 0 Å². The van der Waals surface area contributed by atoms with Crippen molar-refractivity contribution >= 4 is 0 Å². The molecule has 6 nitrogen and oxygen atoms in total. The highest BCUT2D eigenvalue weighted by Crippen LogP contribution is 2.43. The molecule has 6 heteroatoms. The van der Waals surface area contributed by atoms with Crippen molar-refractivity contribution in [1.29, 1.82) is 0 Å². The molecule has 48 heavy (non-hydrogen) atoms. The Kier molecular flexibility index (Phi) is 8.88. The Morgan fingerprint density at radius 2 is 0.542 bits per heavy atom. The van der Waals surface area contributed by atoms with E-state index in [1.54, 1.807) is 21.3 Å². The molecule has 6 aromatic rings. The van der Waals surface area contributed by atoms with Crippen molar-refractivity contribution in [2.75, 3.05) is 21.3 Å². The summed E-state index contributed by atoms with van der Waals surface area (Å²) in [4.78, 5) is 0. The average molecular weight is 637 g/mol. The lowest BCUT2D eigenvalue weighted by Gasteiger charge is -2.18. The fourth-order valence-electron chi connectivity index (χ4n) is 6.10. The minimum absolute atomic E-state index is 0.653. The second kappa shape index (κ2) is 13.9. The molecule has 240 valence electrons. The fourth-order valence-corrected chi connectivity index (χ4v) is 6.10. The molecule has 0 N–H and O–H groups in total. The normalized spacial score (nSPS) is 11.8. The zero-order valence-corrected chi connectivity index (χ0v) is 27.2. The van der Waals surface area contributed by atoms with Crippen LogP contribution in [0.15, 0.2) is 127 Å². The molecular weight excluding hydrogens is 600 g/mol. The molecule has 0 atom stereocenters. The van der Waals surface area contributed by atoms with Crippen LogP contribution >= 0.6 is 0 Å². The smallest absolute Gasteiger partial charge is 0.169 e. The van der Waals surface area contributed by atoms with Gasteiger partial charge in [0.05, 0.1) is 21.3 Å². The van der Waals surface area contributed by atoms with E-state index in [2.05, 4.69) is 36.4 Å². The van der Waals surface area contributed by atoms with Gasteiger partial charge in [-0.15, -0.1) is 0 Å². The van der Waals surface area contributed by atoms with E-state index in [-0.39, 0.29) is 0 Å². The first-order chi connectivity index (χ1) is 23.6. The summed E-state index contributed by atoms with van der Waals surface area (Å²) < 4.78 is 36.8. The molecule has 0 saturated heterocycles. The summed E-state index contributed by atoms with van der Waals surface area (Å²) in [6.07, 6.45) is 1.96. The molecule has 0 radical (unpaired) electrons. The second-order valence-corrected chi connectivity index (χ2v) is 11.6. The maximum absolute atomic E-state index is 6.37. The summed E-state index contributed by atoms with van der Waals surface area (Å²) in [5.74, 6) is 6.18. The first-order valence-corrected chi connectivity index (χ1v) is 15.9. The van der Waals surface area contributed by atoms with E-state index >= 15 is 0 Å². The summed E-state index contributed by atoms with van der Waals surface area (Å²) in [5.41, 5.74) is 6.74. The van der Waals surface area contributed by atoms with Gasteiger partial charge >= 0.3 is 0 Å². The SMILES string of the molecule is COc1cc2c(cc1Oc1ccccc1)Cc1cc(OC)c(Oc3ccccc3)cc1Cc1cc(OC)c(Oc3ccccc3)cc1C2. The maximum Gasteiger partial charge on any atom is 0.169 e. The van der Waals surface area contributed by atoms with Crippen LogP contribution in [0, 0.1) is 0 Å². The van der Waals surface area contributed by atoms with E-state index in [4.69, 9.17) is 28.4 Å². The molecule has 0 spiro atoms. The van der Waals surface area contributed by atoms with Gasteiger partial charge in [-0.05, 0) is 125 Å². The maximum atomic E-state index is 6.37. The molecule has 0 fully saturated rings. The van der Waals surface area contributed by atoms with Gasteiger partial charge in [-0.2, -0.15) is 0 Å². The number of hydrogen-bond acceptors (Lipinski definition) is 6. The summed E-state index contributed by atoms with van der Waals surface area (Å²) in [6.45, 7) is 0. The quantitative estimate of drug-likeness (QED) is 0.157. The van der Waals surface area contributed by atoms with Gasteiger partial charge in [0.25, 0.3) is 0 Å². The van der Waals surface area contributed by atoms with E-state index in [9.17, 15) is 0 Å². The van der Waals surface area contributed by atoms with Crippen LogP contribution in [0.4, 0.5) is 0 Å². The predicted molar refractivity (Wildman–Crippen MR) is 187 cm³/mol. The standard InChI is InChI=1S/C42H36O6/c1-43-37-22-28-19-32-26-41(47-35-15-9-5-10-16-35)39(45-3)24-30(32)21-33-27-42(48-36-17-11-6-12-18-36)38(44-2)23-29(33)20-31(28)25-40(37)46-34-13-7-4-8-14-34/h4-18,22-27H,19-21H2,1-3H3. The molecule has 6 aromatic carbocycles. The van der Waals surface area contributed by atoms with Crippen molar-refractivity contribution < 1.29 is 28.4 Å². The highest BCUT2D eigenvalue weighted by Gasteiger charge is 2.23. The van der Waals surface area contributed by atoms with Gasteiger partial charge in [0.1, 0.15) is 17.2 Å². The van der Waals surface area contributed by atoms with Crippen molar-refractivity contribution in [2.45, 2.75) is 19.3 Å². The lowest BCUT2D eigenvalue weighted by molar-refractivity contribution is 0.377. The summed E-state index contributed by atoms with van der Waals surface area (Å²) in [6, 6.07) is 41.8. The van der Waals surface area contributed by atoms with E-state index in [1.165, 1.54) is 0 Å². The van der Waals surface area contributed by atoms with Gasteiger partial charge in [-0.3, -0.25) is 0 Å². The average Bonchev–Trinajstić information content (AvgIpc) is 3.17. The third kappa shape index (κ3) is 6.65. The van der Waals surface area contributed by atoms with Crippen molar-refractivity contribution in [3.05, 3.63) is 161 Å². The van der Waals surface area contributed by atoms with Crippen molar-refractivity contribution in [3.8, 4) is 51.7 Å². The topological polar surface area (TPSA) is 55.4 Å². The highest BCUT2D eigenvalue weighted by atomic mass is 16.5. The van der Waals surface area contributed by atoms with Crippen LogP contribution in [0.1, 0.15) is 33.4 Å². The molecule has 1 aliphatic carbocycles. The molecule has 0 aromatic heterocycles. The monoisotopic (exact) mass is 636 g/mol. The van der Waals surface area contributed by atoms with Crippen LogP contribution in [0.25, 0.3) is 0 Å². The number of hydrogen-bond donors (Lipinski definition) is 0. The fraction of sp³-hybridized carbons (Fsp3) is 0.143. The summed E-state index contributed by atoms with van der Waals surface area (Å²) in [5, 5.41) is 0. The van der Waals surface area contributed by atoms with Crippen LogP contribution < -0.4 is 28.4 Å². The predicted octanol–water partition coefficient (Wildman–Crippen LogP) is 10.2. The number of benzene rings is 6. The Labute approximate surface area is 281 Å². The number of para-hydroxylation sites is 3. The molecule has 0 amide bonds. The number of rotatable bonds is 9. The van der Waals surface area contributed by atoms with Crippen LogP contribution in [0.5, 0.6) is 51.7 Å². The van der Waals surface area contributed by atoms with Gasteiger partial charge in [0, 0.05) is 0 Å². The molecule has 0 heterocycles. The van der Waals surface area contributed by atoms with Crippen LogP contribution in [0.2, 0.25) is 0 Å². The van der Waals surface area contributed by atoms with E-state index in [0.29, 0.717) is 53.8 Å². The molecule has 0 saturated carbocycles. The zero-order chi connectivity index (χ0) is 32.9. The van der Waals surface area contributed by atoms with Gasteiger partial charge in [0.2, 0.25) is 0 Å². The molecule has 7 rings (SSSR count). The second-order valence-electron chi connectivity index (χ2n) is 11.6. The first kappa shape index (κ1) is 30.8. The van der Waals surface area contributed by atoms with Crippen LogP contribution in [-0.4, -0.2) is 21.3 Å². The van der Waals surface area contributed by atoms with Gasteiger partial charge in [0.15, 0.2) is 34.5 Å². The lowest BCUT2D eigenvalue weighted by Crippen LogP contribution is -2.02. The third-order valence-corrected chi connectivity index (χ3v) is 8.51. The third-order valence-electron chi connectivity index (χ3n) is 8.51. The molecule has 0 aliphatic heterocycles. The molecular formula is C42H36O6. The Balaban J connectivity index is 1.39. The van der Waals surface area contributed by atoms with Crippen LogP contribution in [0.3, 0.4) is 0 Å². The largest absolute Gasteiger partial charge is 0.493 e. The van der Waals surface area contributed by atoms with Gasteiger partial charge < -0.3 is 28.4 Å². The lowest BCUT2D eigenvalue weighted by atomic mass is 9.94. The van der Waals surface area contributed by atoms with E-state index in [0.717, 1.165) is 50.6 Å². The summed E-state index contributed by atoms with van der Waals surface area (Å²) >= 11 is 0. The molecule has 1 aliphatic rings. The van der Waals surface area contributed by atoms with Crippen LogP contribution in [-0.2, 0) is 19.3 Å². The van der Waals surface area contributed by atoms with Gasteiger partial charge in [-0.1, -0.05) is 54.6 Å². The minimum Gasteiger partial charge on any atom is -0.493 e. The van der Waals surface area contributed by atoms with Crippen molar-refractivity contribution in [3.63, 3.8) is 0 Å².